The first-order chi connectivity index (χ1) is 12.6. The second kappa shape index (κ2) is 6.72. The van der Waals surface area contributed by atoms with E-state index in [1.54, 1.807) is 0 Å². The number of aromatic amines is 1. The SMILES string of the molecule is Cc1[nH]c2ccccc2c1C(c1ccccc1)c1ccc(N(C)C)cc1. The van der Waals surface area contributed by atoms with Crippen LogP contribution in [0, 0.1) is 6.92 Å². The molecule has 0 spiro atoms. The van der Waals surface area contributed by atoms with Crippen molar-refractivity contribution in [1.29, 1.82) is 0 Å². The number of rotatable bonds is 4. The molecule has 1 N–H and O–H groups in total. The highest BCUT2D eigenvalue weighted by atomic mass is 15.1. The predicted octanol–water partition coefficient (Wildman–Crippen LogP) is 5.72. The van der Waals surface area contributed by atoms with Crippen molar-refractivity contribution in [1.82, 2.24) is 4.98 Å². The molecule has 0 aliphatic rings. The summed E-state index contributed by atoms with van der Waals surface area (Å²) >= 11 is 0. The molecule has 4 aromatic rings. The van der Waals surface area contributed by atoms with Crippen molar-refractivity contribution < 1.29 is 0 Å². The van der Waals surface area contributed by atoms with Gasteiger partial charge < -0.3 is 9.88 Å². The first-order valence-electron chi connectivity index (χ1n) is 9.04. The fraction of sp³-hybridized carbons (Fsp3) is 0.167. The van der Waals surface area contributed by atoms with Gasteiger partial charge in [-0.15, -0.1) is 0 Å². The molecular weight excluding hydrogens is 316 g/mol. The molecule has 0 saturated carbocycles. The molecular formula is C24H24N2. The average molecular weight is 340 g/mol. The molecule has 1 heterocycles. The highest BCUT2D eigenvalue weighted by molar-refractivity contribution is 5.86. The van der Waals surface area contributed by atoms with Gasteiger partial charge in [-0.05, 0) is 41.8 Å². The van der Waals surface area contributed by atoms with Crippen LogP contribution < -0.4 is 4.90 Å². The summed E-state index contributed by atoms with van der Waals surface area (Å²) in [6.45, 7) is 2.18. The van der Waals surface area contributed by atoms with E-state index in [9.17, 15) is 0 Å². The standard InChI is InChI=1S/C24H24N2/c1-17-23(21-11-7-8-12-22(21)25-17)24(18-9-5-4-6-10-18)19-13-15-20(16-14-19)26(2)3/h4-16,24-25H,1-3H3. The summed E-state index contributed by atoms with van der Waals surface area (Å²) in [6.07, 6.45) is 0. The average Bonchev–Trinajstić information content (AvgIpc) is 2.99. The van der Waals surface area contributed by atoms with E-state index in [1.165, 1.54) is 39.0 Å². The van der Waals surface area contributed by atoms with Gasteiger partial charge in [-0.2, -0.15) is 0 Å². The number of para-hydroxylation sites is 1. The first-order valence-corrected chi connectivity index (χ1v) is 9.04. The Kier molecular flexibility index (Phi) is 4.26. The van der Waals surface area contributed by atoms with Crippen molar-refractivity contribution in [3.05, 3.63) is 101 Å². The van der Waals surface area contributed by atoms with E-state index in [-0.39, 0.29) is 5.92 Å². The molecule has 26 heavy (non-hydrogen) atoms. The van der Waals surface area contributed by atoms with Gasteiger partial charge in [-0.3, -0.25) is 0 Å². The van der Waals surface area contributed by atoms with E-state index in [1.807, 2.05) is 0 Å². The maximum absolute atomic E-state index is 3.57. The van der Waals surface area contributed by atoms with Gasteiger partial charge in [0.2, 0.25) is 0 Å². The van der Waals surface area contributed by atoms with E-state index in [2.05, 4.69) is 110 Å². The zero-order valence-corrected chi connectivity index (χ0v) is 15.5. The fourth-order valence-electron chi connectivity index (χ4n) is 3.81. The number of nitrogens with zero attached hydrogens (tertiary/aromatic N) is 1. The Morgan fingerprint density at radius 3 is 2.04 bits per heavy atom. The molecule has 2 heteroatoms. The highest BCUT2D eigenvalue weighted by Gasteiger charge is 2.22. The molecule has 1 aromatic heterocycles. The van der Waals surface area contributed by atoms with E-state index in [0.29, 0.717) is 0 Å². The number of H-pyrrole nitrogens is 1. The van der Waals surface area contributed by atoms with Crippen molar-refractivity contribution in [3.63, 3.8) is 0 Å². The zero-order chi connectivity index (χ0) is 18.1. The van der Waals surface area contributed by atoms with Crippen LogP contribution in [0.25, 0.3) is 10.9 Å². The van der Waals surface area contributed by atoms with Gasteiger partial charge in [0.1, 0.15) is 0 Å². The molecule has 0 aliphatic carbocycles. The number of benzene rings is 3. The summed E-state index contributed by atoms with van der Waals surface area (Å²) in [7, 11) is 4.15. The lowest BCUT2D eigenvalue weighted by molar-refractivity contribution is 0.967. The summed E-state index contributed by atoms with van der Waals surface area (Å²) in [5.41, 5.74) is 7.65. The molecule has 0 saturated heterocycles. The van der Waals surface area contributed by atoms with E-state index >= 15 is 0 Å². The Balaban J connectivity index is 1.93. The van der Waals surface area contributed by atoms with Crippen molar-refractivity contribution in [2.75, 3.05) is 19.0 Å². The molecule has 1 atom stereocenters. The Hall–Kier alpha value is -3.00. The van der Waals surface area contributed by atoms with Crippen LogP contribution in [0.2, 0.25) is 0 Å². The number of hydrogen-bond donors (Lipinski definition) is 1. The summed E-state index contributed by atoms with van der Waals surface area (Å²) in [6, 6.07) is 28.3. The monoisotopic (exact) mass is 340 g/mol. The van der Waals surface area contributed by atoms with Crippen LogP contribution in [0.4, 0.5) is 5.69 Å². The highest BCUT2D eigenvalue weighted by Crippen LogP contribution is 2.38. The number of hydrogen-bond acceptors (Lipinski definition) is 1. The topological polar surface area (TPSA) is 19.0 Å². The predicted molar refractivity (Wildman–Crippen MR) is 111 cm³/mol. The van der Waals surface area contributed by atoms with Gasteiger partial charge in [-0.25, -0.2) is 0 Å². The minimum Gasteiger partial charge on any atom is -0.378 e. The van der Waals surface area contributed by atoms with Crippen LogP contribution >= 0.6 is 0 Å². The van der Waals surface area contributed by atoms with Gasteiger partial charge in [0.05, 0.1) is 0 Å². The smallest absolute Gasteiger partial charge is 0.0459 e. The maximum Gasteiger partial charge on any atom is 0.0459 e. The van der Waals surface area contributed by atoms with Crippen molar-refractivity contribution in [2.45, 2.75) is 12.8 Å². The quantitative estimate of drug-likeness (QED) is 0.503. The van der Waals surface area contributed by atoms with Crippen molar-refractivity contribution in [2.24, 2.45) is 0 Å². The lowest BCUT2D eigenvalue weighted by atomic mass is 9.83. The Bertz CT molecular complexity index is 1010. The third-order valence-corrected chi connectivity index (χ3v) is 5.11. The molecule has 3 aromatic carbocycles. The van der Waals surface area contributed by atoms with E-state index in [4.69, 9.17) is 0 Å². The lowest BCUT2D eigenvalue weighted by Gasteiger charge is -2.21. The molecule has 130 valence electrons. The van der Waals surface area contributed by atoms with E-state index < -0.39 is 0 Å². The van der Waals surface area contributed by atoms with Gasteiger partial charge >= 0.3 is 0 Å². The minimum atomic E-state index is 0.212. The Morgan fingerprint density at radius 2 is 1.35 bits per heavy atom. The van der Waals surface area contributed by atoms with Gasteiger partial charge in [0.15, 0.2) is 0 Å². The normalized spacial score (nSPS) is 12.3. The Labute approximate surface area is 155 Å². The second-order valence-corrected chi connectivity index (χ2v) is 7.04. The maximum atomic E-state index is 3.57. The van der Waals surface area contributed by atoms with Gasteiger partial charge in [0, 0.05) is 42.3 Å². The summed E-state index contributed by atoms with van der Waals surface area (Å²) in [5.74, 6) is 0.212. The number of nitrogens with one attached hydrogen (secondary N) is 1. The fourth-order valence-corrected chi connectivity index (χ4v) is 3.81. The molecule has 0 aliphatic heterocycles. The summed E-state index contributed by atoms with van der Waals surface area (Å²) in [5, 5.41) is 1.30. The lowest BCUT2D eigenvalue weighted by Crippen LogP contribution is -2.09. The zero-order valence-electron chi connectivity index (χ0n) is 15.5. The van der Waals surface area contributed by atoms with Crippen LogP contribution in [0.5, 0.6) is 0 Å². The third-order valence-electron chi connectivity index (χ3n) is 5.11. The third kappa shape index (κ3) is 2.88. The van der Waals surface area contributed by atoms with E-state index in [0.717, 1.165) is 0 Å². The molecule has 1 unspecified atom stereocenters. The van der Waals surface area contributed by atoms with Gasteiger partial charge in [-0.1, -0.05) is 60.7 Å². The van der Waals surface area contributed by atoms with Crippen LogP contribution in [0.3, 0.4) is 0 Å². The molecule has 4 rings (SSSR count). The number of aromatic nitrogens is 1. The minimum absolute atomic E-state index is 0.212. The van der Waals surface area contributed by atoms with Crippen LogP contribution in [-0.4, -0.2) is 19.1 Å². The first kappa shape index (κ1) is 16.5. The molecule has 0 radical (unpaired) electrons. The number of anilines is 1. The van der Waals surface area contributed by atoms with Crippen molar-refractivity contribution in [3.8, 4) is 0 Å². The second-order valence-electron chi connectivity index (χ2n) is 7.04. The molecule has 0 fully saturated rings. The molecule has 2 nitrogen and oxygen atoms in total. The molecule has 0 amide bonds. The molecule has 0 bridgehead atoms. The van der Waals surface area contributed by atoms with Crippen LogP contribution in [-0.2, 0) is 0 Å². The largest absolute Gasteiger partial charge is 0.378 e. The number of fused-ring (bicyclic) bond motifs is 1. The van der Waals surface area contributed by atoms with Crippen LogP contribution in [0.15, 0.2) is 78.9 Å². The summed E-state index contributed by atoms with van der Waals surface area (Å²) < 4.78 is 0. The number of aryl methyl sites for hydroxylation is 1. The summed E-state index contributed by atoms with van der Waals surface area (Å²) in [4.78, 5) is 5.71. The van der Waals surface area contributed by atoms with Gasteiger partial charge in [0.25, 0.3) is 0 Å². The Morgan fingerprint density at radius 1 is 0.731 bits per heavy atom. The van der Waals surface area contributed by atoms with Crippen LogP contribution in [0.1, 0.15) is 28.3 Å². The van der Waals surface area contributed by atoms with Crippen molar-refractivity contribution >= 4 is 16.6 Å².